The molecule has 0 radical (unpaired) electrons. The van der Waals surface area contributed by atoms with Crippen LogP contribution in [0.1, 0.15) is 13.8 Å². The van der Waals surface area contributed by atoms with Crippen molar-refractivity contribution in [3.8, 4) is 0 Å². The number of aliphatic carboxylic acids is 2. The average Bonchev–Trinajstić information content (AvgIpc) is 2.01. The summed E-state index contributed by atoms with van der Waals surface area (Å²) in [6.45, 7) is 9.20. The van der Waals surface area contributed by atoms with Crippen molar-refractivity contribution in [2.45, 2.75) is 13.8 Å². The van der Waals surface area contributed by atoms with Gasteiger partial charge in [0.2, 0.25) is 0 Å². The van der Waals surface area contributed by atoms with Gasteiger partial charge in [-0.3, -0.25) is 0 Å². The van der Waals surface area contributed by atoms with E-state index in [1.54, 1.807) is 0 Å². The van der Waals surface area contributed by atoms with Gasteiger partial charge in [0.25, 0.3) is 0 Å². The summed E-state index contributed by atoms with van der Waals surface area (Å²) in [5.74, 6) is -1.87. The van der Waals surface area contributed by atoms with E-state index < -0.39 is 28.7 Å². The molecule has 0 aromatic rings. The van der Waals surface area contributed by atoms with Gasteiger partial charge in [-0.05, 0) is 13.8 Å². The van der Waals surface area contributed by atoms with Crippen LogP contribution in [0.15, 0.2) is 24.3 Å². The summed E-state index contributed by atoms with van der Waals surface area (Å²) in [4.78, 5) is 19.2. The third kappa shape index (κ3) is 76.1. The Labute approximate surface area is 128 Å². The SMILES string of the molecule is C=C(C)C(=O)O.C=C(C)C(=O)O.[CH3-].[O]=[Mo](=[O])([OH])[OH].[Pd]. The van der Waals surface area contributed by atoms with E-state index in [0.717, 1.165) is 0 Å². The zero-order valence-corrected chi connectivity index (χ0v) is 14.1. The van der Waals surface area contributed by atoms with Crippen molar-refractivity contribution in [1.82, 2.24) is 0 Å². The van der Waals surface area contributed by atoms with E-state index in [1.165, 1.54) is 13.8 Å². The van der Waals surface area contributed by atoms with Crippen molar-refractivity contribution in [1.29, 1.82) is 0 Å². The molecule has 0 rings (SSSR count). The van der Waals surface area contributed by atoms with Crippen LogP contribution in [0, 0.1) is 7.43 Å². The molecular formula is C9H17MoO8Pd-. The molecule has 0 aliphatic carbocycles. The summed E-state index contributed by atoms with van der Waals surface area (Å²) >= 11 is -5.52. The number of rotatable bonds is 2. The molecule has 4 N–H and O–H groups in total. The average molecular weight is 456 g/mol. The first-order chi connectivity index (χ1) is 7.29. The molecule has 0 fully saturated rings. The monoisotopic (exact) mass is 457 g/mol. The zero-order chi connectivity index (χ0) is 14.8. The van der Waals surface area contributed by atoms with Gasteiger partial charge in [-0.25, -0.2) is 9.59 Å². The standard InChI is InChI=1S/2C4H6O2.CH3.Mo.2H2O.2O.Pd/c2*1-3(2)4(5)6;;;;;;;/h2*1H2,2H3,(H,5,6);1H3;;2*1H2;;;/q;;-1;+2;;;;;/p-2. The van der Waals surface area contributed by atoms with Crippen LogP contribution in [0.4, 0.5) is 0 Å². The molecule has 0 spiro atoms. The Morgan fingerprint density at radius 2 is 0.947 bits per heavy atom. The maximum atomic E-state index is 9.60. The molecule has 0 atom stereocenters. The fraction of sp³-hybridized carbons (Fsp3) is 0.222. The Hall–Kier alpha value is -0.709. The van der Waals surface area contributed by atoms with Gasteiger partial charge in [0.15, 0.2) is 0 Å². The van der Waals surface area contributed by atoms with Crippen LogP contribution < -0.4 is 0 Å². The Kier molecular flexibility index (Phi) is 25.0. The molecular weight excluding hydrogens is 438 g/mol. The van der Waals surface area contributed by atoms with E-state index in [1.807, 2.05) is 0 Å². The van der Waals surface area contributed by atoms with E-state index in [4.69, 9.17) is 24.5 Å². The molecule has 0 saturated carbocycles. The first-order valence-corrected chi connectivity index (χ1v) is 7.19. The summed E-state index contributed by atoms with van der Waals surface area (Å²) in [7, 11) is 0. The fourth-order valence-electron chi connectivity index (χ4n) is 0. The summed E-state index contributed by atoms with van der Waals surface area (Å²) in [5.41, 5.74) is 0.352. The van der Waals surface area contributed by atoms with Gasteiger partial charge in [-0.2, -0.15) is 0 Å². The van der Waals surface area contributed by atoms with Crippen LogP contribution >= 0.6 is 0 Å². The van der Waals surface area contributed by atoms with E-state index in [-0.39, 0.29) is 39.0 Å². The van der Waals surface area contributed by atoms with Crippen LogP contribution in [-0.4, -0.2) is 29.7 Å². The second kappa shape index (κ2) is 15.3. The Morgan fingerprint density at radius 3 is 0.947 bits per heavy atom. The molecule has 19 heavy (non-hydrogen) atoms. The Balaban J connectivity index is -0.0000000492. The largest absolute Gasteiger partial charge is 0 e. The van der Waals surface area contributed by atoms with Crippen LogP contribution in [0.2, 0.25) is 0 Å². The number of carbonyl (C=O) groups is 2. The minimum absolute atomic E-state index is 0. The third-order valence-corrected chi connectivity index (χ3v) is 0.730. The smallest absolute Gasteiger partial charge is 0 e. The van der Waals surface area contributed by atoms with E-state index in [2.05, 4.69) is 13.2 Å². The van der Waals surface area contributed by atoms with Crippen LogP contribution in [0.25, 0.3) is 0 Å². The minimum atomic E-state index is -5.52. The van der Waals surface area contributed by atoms with Crippen LogP contribution in [0.3, 0.4) is 0 Å². The summed E-state index contributed by atoms with van der Waals surface area (Å²) in [6, 6.07) is 0. The third-order valence-electron chi connectivity index (χ3n) is 0.730. The predicted octanol–water partition coefficient (Wildman–Crippen LogP) is 0.388. The summed E-state index contributed by atoms with van der Waals surface area (Å²) in [5, 5.41) is 15.8. The van der Waals surface area contributed by atoms with Gasteiger partial charge in [0.05, 0.1) is 0 Å². The summed E-state index contributed by atoms with van der Waals surface area (Å²) < 4.78 is 32.0. The molecule has 0 bridgehead atoms. The quantitative estimate of drug-likeness (QED) is 0.265. The molecule has 10 heteroatoms. The first kappa shape index (κ1) is 31.0. The van der Waals surface area contributed by atoms with E-state index >= 15 is 0 Å². The molecule has 118 valence electrons. The summed E-state index contributed by atoms with van der Waals surface area (Å²) in [6.07, 6.45) is 0. The Bertz CT molecular complexity index is 342. The second-order valence-electron chi connectivity index (χ2n) is 2.62. The number of hydrogen-bond donors (Lipinski definition) is 4. The molecule has 0 aromatic heterocycles. The number of carboxylic acids is 2. The van der Waals surface area contributed by atoms with Crippen molar-refractivity contribution in [2.75, 3.05) is 0 Å². The molecule has 0 heterocycles. The van der Waals surface area contributed by atoms with Crippen molar-refractivity contribution in [2.24, 2.45) is 0 Å². The van der Waals surface area contributed by atoms with Crippen molar-refractivity contribution < 1.29 is 71.3 Å². The zero-order valence-electron chi connectivity index (χ0n) is 10.6. The maximum Gasteiger partial charge on any atom is 0 e. The van der Waals surface area contributed by atoms with Crippen LogP contribution in [-0.2, 0) is 53.6 Å². The predicted molar refractivity (Wildman–Crippen MR) is 57.1 cm³/mol. The fourth-order valence-corrected chi connectivity index (χ4v) is 0. The van der Waals surface area contributed by atoms with Crippen LogP contribution in [0.5, 0.6) is 0 Å². The van der Waals surface area contributed by atoms with Crippen molar-refractivity contribution in [3.05, 3.63) is 31.7 Å². The van der Waals surface area contributed by atoms with Gasteiger partial charge in [-0.15, -0.1) is 0 Å². The molecule has 0 unspecified atom stereocenters. The van der Waals surface area contributed by atoms with Crippen molar-refractivity contribution in [3.63, 3.8) is 0 Å². The van der Waals surface area contributed by atoms with E-state index in [9.17, 15) is 9.59 Å². The molecule has 0 aliphatic heterocycles. The number of carboxylic acid groups (broad SMARTS) is 2. The normalized spacial score (nSPS) is 7.79. The molecule has 0 amide bonds. The van der Waals surface area contributed by atoms with Gasteiger partial charge >= 0.3 is 43.0 Å². The number of hydrogen-bond acceptors (Lipinski definition) is 4. The molecule has 0 saturated heterocycles. The van der Waals surface area contributed by atoms with Gasteiger partial charge < -0.3 is 17.6 Å². The van der Waals surface area contributed by atoms with Crippen molar-refractivity contribution >= 4 is 11.9 Å². The Morgan fingerprint density at radius 1 is 0.895 bits per heavy atom. The topological polar surface area (TPSA) is 149 Å². The van der Waals surface area contributed by atoms with Gasteiger partial charge in [0, 0.05) is 31.6 Å². The molecule has 8 nitrogen and oxygen atoms in total. The molecule has 0 aliphatic rings. The second-order valence-corrected chi connectivity index (χ2v) is 4.82. The minimum Gasteiger partial charge on any atom is 0 e. The maximum absolute atomic E-state index is 9.60. The van der Waals surface area contributed by atoms with Gasteiger partial charge in [0.1, 0.15) is 0 Å². The van der Waals surface area contributed by atoms with E-state index in [0.29, 0.717) is 0 Å². The van der Waals surface area contributed by atoms with Gasteiger partial charge in [-0.1, -0.05) is 13.2 Å². The molecule has 0 aromatic carbocycles. The first-order valence-electron chi connectivity index (χ1n) is 3.76.